The minimum atomic E-state index is -1.09. The fraction of sp³-hybridized carbons (Fsp3) is 0.125. The van der Waals surface area contributed by atoms with E-state index >= 15 is 0 Å². The van der Waals surface area contributed by atoms with Crippen LogP contribution in [0.4, 0.5) is 0 Å². The molecule has 2 aromatic carbocycles. The number of benzene rings is 2. The lowest BCUT2D eigenvalue weighted by Crippen LogP contribution is -2.02. The maximum atomic E-state index is 11.3. The summed E-state index contributed by atoms with van der Waals surface area (Å²) in [5, 5.41) is 18.3. The van der Waals surface area contributed by atoms with E-state index < -0.39 is 5.97 Å². The molecule has 0 aliphatic carbocycles. The van der Waals surface area contributed by atoms with E-state index in [-0.39, 0.29) is 17.1 Å². The molecule has 0 bridgehead atoms. The number of nitrogens with zero attached hydrogens (tertiary/aromatic N) is 1. The van der Waals surface area contributed by atoms with Gasteiger partial charge in [-0.3, -0.25) is 0 Å². The number of carboxylic acid groups (broad SMARTS) is 1. The van der Waals surface area contributed by atoms with Gasteiger partial charge >= 0.3 is 5.97 Å². The zero-order chi connectivity index (χ0) is 15.4. The summed E-state index contributed by atoms with van der Waals surface area (Å²) in [6, 6.07) is 11.6. The van der Waals surface area contributed by atoms with Crippen molar-refractivity contribution in [3.63, 3.8) is 0 Å². The highest BCUT2D eigenvalue weighted by Crippen LogP contribution is 2.33. The van der Waals surface area contributed by atoms with Crippen molar-refractivity contribution in [3.05, 3.63) is 53.1 Å². The van der Waals surface area contributed by atoms with Crippen LogP contribution in [-0.4, -0.2) is 18.2 Å². The molecule has 5 heteroatoms. The molecular formula is C16H13NO4. The average molecular weight is 283 g/mol. The van der Waals surface area contributed by atoms with E-state index in [1.54, 1.807) is 37.3 Å². The Balaban J connectivity index is 2.53. The molecule has 0 saturated heterocycles. The molecule has 0 radical (unpaired) electrons. The van der Waals surface area contributed by atoms with Crippen LogP contribution < -0.4 is 9.47 Å². The molecule has 0 aliphatic heterocycles. The van der Waals surface area contributed by atoms with Gasteiger partial charge in [0.25, 0.3) is 0 Å². The van der Waals surface area contributed by atoms with E-state index in [2.05, 4.69) is 0 Å². The summed E-state index contributed by atoms with van der Waals surface area (Å²) in [5.74, 6) is -0.0898. The number of para-hydroxylation sites is 1. The Kier molecular flexibility index (Phi) is 4.10. The van der Waals surface area contributed by atoms with Crippen molar-refractivity contribution in [1.82, 2.24) is 0 Å². The Morgan fingerprint density at radius 2 is 2.05 bits per heavy atom. The second-order valence-electron chi connectivity index (χ2n) is 4.33. The van der Waals surface area contributed by atoms with Gasteiger partial charge in [0.1, 0.15) is 28.9 Å². The summed E-state index contributed by atoms with van der Waals surface area (Å²) in [4.78, 5) is 11.3. The van der Waals surface area contributed by atoms with Crippen molar-refractivity contribution in [2.45, 2.75) is 6.92 Å². The van der Waals surface area contributed by atoms with Gasteiger partial charge in [-0.05, 0) is 30.7 Å². The number of ether oxygens (including phenoxy) is 2. The highest BCUT2D eigenvalue weighted by atomic mass is 16.5. The lowest BCUT2D eigenvalue weighted by Gasteiger charge is -2.13. The summed E-state index contributed by atoms with van der Waals surface area (Å²) >= 11 is 0. The Morgan fingerprint density at radius 3 is 2.67 bits per heavy atom. The lowest BCUT2D eigenvalue weighted by molar-refractivity contribution is 0.0694. The smallest absolute Gasteiger partial charge is 0.339 e. The van der Waals surface area contributed by atoms with E-state index in [1.165, 1.54) is 13.2 Å². The molecular weight excluding hydrogens is 270 g/mol. The van der Waals surface area contributed by atoms with Gasteiger partial charge in [-0.2, -0.15) is 5.26 Å². The molecule has 0 amide bonds. The molecule has 2 rings (SSSR count). The second-order valence-corrected chi connectivity index (χ2v) is 4.33. The molecule has 21 heavy (non-hydrogen) atoms. The van der Waals surface area contributed by atoms with Gasteiger partial charge < -0.3 is 14.6 Å². The van der Waals surface area contributed by atoms with Gasteiger partial charge in [0.15, 0.2) is 0 Å². The normalized spacial score (nSPS) is 9.76. The zero-order valence-corrected chi connectivity index (χ0v) is 11.6. The van der Waals surface area contributed by atoms with Gasteiger partial charge in [0.2, 0.25) is 0 Å². The standard InChI is InChI=1S/C16H13NO4/c1-10-4-3-5-13(16(18)19)15(10)21-14-8-12(20-2)7-6-11(14)9-17/h3-8H,1-2H3,(H,18,19). The van der Waals surface area contributed by atoms with E-state index in [4.69, 9.17) is 14.7 Å². The summed E-state index contributed by atoms with van der Waals surface area (Å²) < 4.78 is 10.8. The Hall–Kier alpha value is -3.00. The molecule has 0 saturated carbocycles. The highest BCUT2D eigenvalue weighted by molar-refractivity contribution is 5.91. The van der Waals surface area contributed by atoms with Crippen LogP contribution in [0.2, 0.25) is 0 Å². The first-order valence-corrected chi connectivity index (χ1v) is 6.15. The topological polar surface area (TPSA) is 79.5 Å². The van der Waals surface area contributed by atoms with Crippen LogP contribution in [0.1, 0.15) is 21.5 Å². The molecule has 0 aromatic heterocycles. The van der Waals surface area contributed by atoms with Gasteiger partial charge in [0.05, 0.1) is 12.7 Å². The van der Waals surface area contributed by atoms with E-state index in [0.29, 0.717) is 16.9 Å². The lowest BCUT2D eigenvalue weighted by atomic mass is 10.1. The predicted octanol–water partition coefficient (Wildman–Crippen LogP) is 3.37. The maximum Gasteiger partial charge on any atom is 0.339 e. The summed E-state index contributed by atoms with van der Waals surface area (Å²) in [6.45, 7) is 1.74. The Bertz CT molecular complexity index is 732. The van der Waals surface area contributed by atoms with Gasteiger partial charge in [-0.1, -0.05) is 12.1 Å². The number of rotatable bonds is 4. The van der Waals surface area contributed by atoms with Gasteiger partial charge in [-0.25, -0.2) is 4.79 Å². The SMILES string of the molecule is COc1ccc(C#N)c(Oc2c(C)cccc2C(=O)O)c1. The van der Waals surface area contributed by atoms with Gasteiger partial charge in [-0.15, -0.1) is 0 Å². The van der Waals surface area contributed by atoms with Crippen molar-refractivity contribution < 1.29 is 19.4 Å². The molecule has 0 fully saturated rings. The number of hydrogen-bond acceptors (Lipinski definition) is 4. The Labute approximate surface area is 122 Å². The van der Waals surface area contributed by atoms with Crippen LogP contribution in [0.25, 0.3) is 0 Å². The molecule has 5 nitrogen and oxygen atoms in total. The zero-order valence-electron chi connectivity index (χ0n) is 11.6. The summed E-state index contributed by atoms with van der Waals surface area (Å²) in [5.41, 5.74) is 1.01. The highest BCUT2D eigenvalue weighted by Gasteiger charge is 2.16. The van der Waals surface area contributed by atoms with Crippen LogP contribution in [-0.2, 0) is 0 Å². The van der Waals surface area contributed by atoms with Gasteiger partial charge in [0, 0.05) is 6.07 Å². The van der Waals surface area contributed by atoms with Crippen LogP contribution in [0.3, 0.4) is 0 Å². The minimum Gasteiger partial charge on any atom is -0.497 e. The maximum absolute atomic E-state index is 11.3. The fourth-order valence-electron chi connectivity index (χ4n) is 1.87. The van der Waals surface area contributed by atoms with Crippen molar-refractivity contribution in [2.75, 3.05) is 7.11 Å². The molecule has 0 aliphatic rings. The minimum absolute atomic E-state index is 0.0432. The fourth-order valence-corrected chi connectivity index (χ4v) is 1.87. The third-order valence-electron chi connectivity index (χ3n) is 2.96. The summed E-state index contributed by atoms with van der Waals surface area (Å²) in [6.07, 6.45) is 0. The van der Waals surface area contributed by atoms with Crippen molar-refractivity contribution in [1.29, 1.82) is 5.26 Å². The van der Waals surface area contributed by atoms with Crippen LogP contribution in [0.15, 0.2) is 36.4 Å². The number of aromatic carboxylic acids is 1. The number of carboxylic acids is 1. The van der Waals surface area contributed by atoms with Crippen LogP contribution in [0.5, 0.6) is 17.2 Å². The first kappa shape index (κ1) is 14.4. The van der Waals surface area contributed by atoms with E-state index in [1.807, 2.05) is 6.07 Å². The third-order valence-corrected chi connectivity index (χ3v) is 2.96. The van der Waals surface area contributed by atoms with Crippen LogP contribution in [0, 0.1) is 18.3 Å². The molecule has 0 spiro atoms. The number of methoxy groups -OCH3 is 1. The first-order valence-electron chi connectivity index (χ1n) is 6.15. The number of hydrogen-bond donors (Lipinski definition) is 1. The summed E-state index contributed by atoms with van der Waals surface area (Å²) in [7, 11) is 1.50. The van der Waals surface area contributed by atoms with Crippen molar-refractivity contribution in [3.8, 4) is 23.3 Å². The van der Waals surface area contributed by atoms with Crippen molar-refractivity contribution >= 4 is 5.97 Å². The quantitative estimate of drug-likeness (QED) is 0.930. The first-order chi connectivity index (χ1) is 10.1. The molecule has 1 N–H and O–H groups in total. The monoisotopic (exact) mass is 283 g/mol. The number of aryl methyl sites for hydroxylation is 1. The Morgan fingerprint density at radius 1 is 1.29 bits per heavy atom. The largest absolute Gasteiger partial charge is 0.497 e. The number of carbonyl (C=O) groups is 1. The van der Waals surface area contributed by atoms with E-state index in [9.17, 15) is 9.90 Å². The molecule has 0 atom stereocenters. The van der Waals surface area contributed by atoms with Crippen molar-refractivity contribution in [2.24, 2.45) is 0 Å². The molecule has 106 valence electrons. The molecule has 0 heterocycles. The number of nitriles is 1. The second kappa shape index (κ2) is 5.97. The predicted molar refractivity (Wildman–Crippen MR) is 75.9 cm³/mol. The third kappa shape index (κ3) is 2.95. The molecule has 2 aromatic rings. The average Bonchev–Trinajstić information content (AvgIpc) is 2.48. The molecule has 0 unspecified atom stereocenters. The van der Waals surface area contributed by atoms with E-state index in [0.717, 1.165) is 0 Å². The van der Waals surface area contributed by atoms with Crippen LogP contribution >= 0.6 is 0 Å².